The Balaban J connectivity index is 1.47. The van der Waals surface area contributed by atoms with Crippen molar-refractivity contribution in [2.75, 3.05) is 33.2 Å². The van der Waals surface area contributed by atoms with Crippen LogP contribution in [0.15, 0.2) is 48.5 Å². The third kappa shape index (κ3) is 5.66. The molecule has 200 valence electrons. The van der Waals surface area contributed by atoms with Crippen molar-refractivity contribution in [3.05, 3.63) is 71.0 Å². The Morgan fingerprint density at radius 1 is 1.05 bits per heavy atom. The smallest absolute Gasteiger partial charge is 0.341 e. The molecule has 4 rings (SSSR count). The van der Waals surface area contributed by atoms with Crippen LogP contribution in [0.1, 0.15) is 54.1 Å². The van der Waals surface area contributed by atoms with Crippen LogP contribution < -0.4 is 5.32 Å². The van der Waals surface area contributed by atoms with Gasteiger partial charge in [-0.05, 0) is 55.0 Å². The van der Waals surface area contributed by atoms with Crippen LogP contribution in [0.5, 0.6) is 0 Å². The Labute approximate surface area is 214 Å². The molecule has 2 saturated heterocycles. The number of amides is 2. The molecule has 1 spiro atoms. The van der Waals surface area contributed by atoms with Crippen LogP contribution in [0.3, 0.4) is 0 Å². The molecule has 37 heavy (non-hydrogen) atoms. The van der Waals surface area contributed by atoms with Gasteiger partial charge in [-0.25, -0.2) is 4.39 Å². The lowest BCUT2D eigenvalue weighted by Gasteiger charge is -2.44. The molecule has 2 aromatic carbocycles. The number of likely N-dealkylation sites (N-methyl/N-ethyl adjacent to an activating group) is 1. The molecular weight excluding hydrogens is 486 g/mol. The Morgan fingerprint density at radius 3 is 2.30 bits per heavy atom. The molecule has 2 fully saturated rings. The average molecular weight is 520 g/mol. The van der Waals surface area contributed by atoms with Gasteiger partial charge < -0.3 is 15.1 Å². The number of likely N-dealkylation sites (tertiary alicyclic amines) is 2. The number of carbonyl (C=O) groups excluding carboxylic acids is 2. The molecule has 2 aliphatic rings. The fourth-order valence-corrected chi connectivity index (χ4v) is 5.85. The van der Waals surface area contributed by atoms with Gasteiger partial charge >= 0.3 is 6.18 Å². The van der Waals surface area contributed by atoms with Crippen LogP contribution in [-0.2, 0) is 11.0 Å². The van der Waals surface area contributed by atoms with E-state index >= 15 is 0 Å². The van der Waals surface area contributed by atoms with E-state index in [-0.39, 0.29) is 17.2 Å². The lowest BCUT2D eigenvalue weighted by atomic mass is 9.68. The highest BCUT2D eigenvalue weighted by atomic mass is 19.4. The maximum Gasteiger partial charge on any atom is 0.416 e. The van der Waals surface area contributed by atoms with Gasteiger partial charge in [0.1, 0.15) is 11.9 Å². The highest BCUT2D eigenvalue weighted by molar-refractivity contribution is 5.98. The van der Waals surface area contributed by atoms with Crippen molar-refractivity contribution >= 4 is 11.8 Å². The van der Waals surface area contributed by atoms with Gasteiger partial charge in [0, 0.05) is 32.1 Å². The second kappa shape index (κ2) is 10.4. The molecule has 1 unspecified atom stereocenters. The van der Waals surface area contributed by atoms with Gasteiger partial charge in [-0.15, -0.1) is 0 Å². The highest BCUT2D eigenvalue weighted by Gasteiger charge is 2.48. The molecule has 0 bridgehead atoms. The van der Waals surface area contributed by atoms with E-state index in [9.17, 15) is 27.2 Å². The van der Waals surface area contributed by atoms with Crippen LogP contribution in [0, 0.1) is 17.2 Å². The van der Waals surface area contributed by atoms with Crippen molar-refractivity contribution in [1.82, 2.24) is 15.1 Å². The molecule has 2 aromatic rings. The molecule has 5 nitrogen and oxygen atoms in total. The van der Waals surface area contributed by atoms with Gasteiger partial charge in [0.25, 0.3) is 5.91 Å². The summed E-state index contributed by atoms with van der Waals surface area (Å²) >= 11 is 0. The molecule has 0 saturated carbocycles. The first-order chi connectivity index (χ1) is 17.4. The van der Waals surface area contributed by atoms with Crippen molar-refractivity contribution < 1.29 is 27.2 Å². The van der Waals surface area contributed by atoms with E-state index in [4.69, 9.17) is 0 Å². The summed E-state index contributed by atoms with van der Waals surface area (Å²) in [4.78, 5) is 30.3. The first kappa shape index (κ1) is 27.1. The fourth-order valence-electron chi connectivity index (χ4n) is 5.85. The minimum atomic E-state index is -4.72. The number of piperidine rings is 1. The number of hydrogen-bond acceptors (Lipinski definition) is 3. The number of hydrogen-bond donors (Lipinski definition) is 1. The molecule has 0 radical (unpaired) electrons. The lowest BCUT2D eigenvalue weighted by Crippen LogP contribution is -2.54. The summed E-state index contributed by atoms with van der Waals surface area (Å²) in [5, 5.41) is 2.51. The summed E-state index contributed by atoms with van der Waals surface area (Å²) in [6.07, 6.45) is -3.10. The summed E-state index contributed by atoms with van der Waals surface area (Å²) in [6, 6.07) is 11.1. The van der Waals surface area contributed by atoms with E-state index in [1.807, 2.05) is 18.2 Å². The van der Waals surface area contributed by atoms with E-state index in [1.54, 1.807) is 18.7 Å². The number of benzene rings is 2. The summed E-state index contributed by atoms with van der Waals surface area (Å²) in [6.45, 7) is 6.42. The van der Waals surface area contributed by atoms with E-state index in [0.717, 1.165) is 25.9 Å². The van der Waals surface area contributed by atoms with Crippen LogP contribution >= 0.6 is 0 Å². The number of rotatable bonds is 5. The Morgan fingerprint density at radius 2 is 1.70 bits per heavy atom. The lowest BCUT2D eigenvalue weighted by molar-refractivity contribution is -0.138. The van der Waals surface area contributed by atoms with Crippen molar-refractivity contribution in [2.45, 2.75) is 44.8 Å². The van der Waals surface area contributed by atoms with Gasteiger partial charge in [-0.2, -0.15) is 13.2 Å². The fraction of sp³-hybridized carbons (Fsp3) is 0.500. The normalized spacial score (nSPS) is 20.9. The topological polar surface area (TPSA) is 52.7 Å². The van der Waals surface area contributed by atoms with Crippen LogP contribution in [0.2, 0.25) is 0 Å². The molecule has 0 aliphatic carbocycles. The summed E-state index contributed by atoms with van der Waals surface area (Å²) in [7, 11) is 2.11. The van der Waals surface area contributed by atoms with Crippen LogP contribution in [0.25, 0.3) is 0 Å². The van der Waals surface area contributed by atoms with Gasteiger partial charge in [0.2, 0.25) is 5.91 Å². The largest absolute Gasteiger partial charge is 0.416 e. The first-order valence-corrected chi connectivity index (χ1v) is 12.6. The van der Waals surface area contributed by atoms with Gasteiger partial charge in [-0.1, -0.05) is 44.2 Å². The molecule has 9 heteroatoms. The number of nitrogens with zero attached hydrogens (tertiary/aromatic N) is 2. The SMILES string of the molecule is CC(C)[C@@H](NC(=O)c1cc(C(F)(F)F)ccc1F)C(=O)N1CCC2(CC1)CN(C)CC2c1ccccc1. The van der Waals surface area contributed by atoms with E-state index < -0.39 is 35.1 Å². The second-order valence-electron chi connectivity index (χ2n) is 10.7. The quantitative estimate of drug-likeness (QED) is 0.570. The second-order valence-corrected chi connectivity index (χ2v) is 10.7. The van der Waals surface area contributed by atoms with E-state index in [0.29, 0.717) is 37.2 Å². The number of carbonyl (C=O) groups is 2. The number of nitrogens with one attached hydrogen (secondary N) is 1. The standard InChI is InChI=1S/C28H33F4N3O2/c1-18(2)24(33-25(36)21-15-20(28(30,31)32)9-10-23(21)29)26(37)35-13-11-27(12-14-35)17-34(3)16-22(27)19-7-5-4-6-8-19/h4-10,15,18,22,24H,11-14,16-17H2,1-3H3,(H,33,36)/t22?,24-/m1/s1. The molecule has 2 amide bonds. The zero-order valence-corrected chi connectivity index (χ0v) is 21.3. The van der Waals surface area contributed by atoms with E-state index in [2.05, 4.69) is 29.4 Å². The van der Waals surface area contributed by atoms with E-state index in [1.165, 1.54) is 5.56 Å². The third-order valence-corrected chi connectivity index (χ3v) is 7.85. The Hall–Kier alpha value is -2.94. The van der Waals surface area contributed by atoms with Crippen molar-refractivity contribution in [2.24, 2.45) is 11.3 Å². The Kier molecular flexibility index (Phi) is 7.65. The Bertz CT molecular complexity index is 1130. The summed E-state index contributed by atoms with van der Waals surface area (Å²) in [5.41, 5.74) is -0.514. The van der Waals surface area contributed by atoms with Crippen molar-refractivity contribution in [1.29, 1.82) is 0 Å². The average Bonchev–Trinajstić information content (AvgIpc) is 3.17. The number of halogens is 4. The minimum Gasteiger partial charge on any atom is -0.341 e. The van der Waals surface area contributed by atoms with Gasteiger partial charge in [-0.3, -0.25) is 9.59 Å². The van der Waals surface area contributed by atoms with Crippen molar-refractivity contribution in [3.63, 3.8) is 0 Å². The van der Waals surface area contributed by atoms with Crippen LogP contribution in [0.4, 0.5) is 17.6 Å². The third-order valence-electron chi connectivity index (χ3n) is 7.85. The zero-order chi connectivity index (χ0) is 27.0. The van der Waals surface area contributed by atoms with Crippen LogP contribution in [-0.4, -0.2) is 60.9 Å². The molecular formula is C28H33F4N3O2. The minimum absolute atomic E-state index is 0.0463. The van der Waals surface area contributed by atoms with Gasteiger partial charge in [0.05, 0.1) is 11.1 Å². The maximum atomic E-state index is 14.3. The zero-order valence-electron chi connectivity index (χ0n) is 21.3. The highest BCUT2D eigenvalue weighted by Crippen LogP contribution is 2.49. The molecule has 2 heterocycles. The molecule has 0 aromatic heterocycles. The molecule has 2 aliphatic heterocycles. The number of alkyl halides is 3. The monoisotopic (exact) mass is 519 g/mol. The first-order valence-electron chi connectivity index (χ1n) is 12.6. The summed E-state index contributed by atoms with van der Waals surface area (Å²) in [5.74, 6) is -2.38. The predicted octanol–water partition coefficient (Wildman–Crippen LogP) is 4.94. The molecule has 2 atom stereocenters. The predicted molar refractivity (Wildman–Crippen MR) is 132 cm³/mol. The van der Waals surface area contributed by atoms with Gasteiger partial charge in [0.15, 0.2) is 0 Å². The van der Waals surface area contributed by atoms with Crippen molar-refractivity contribution in [3.8, 4) is 0 Å². The summed E-state index contributed by atoms with van der Waals surface area (Å²) < 4.78 is 53.5. The molecule has 1 N–H and O–H groups in total. The maximum absolute atomic E-state index is 14.3.